The lowest BCUT2D eigenvalue weighted by molar-refractivity contribution is -0.137. The molecule has 0 saturated carbocycles. The molecule has 3 aromatic heterocycles. The fourth-order valence-corrected chi connectivity index (χ4v) is 4.05. The highest BCUT2D eigenvalue weighted by Crippen LogP contribution is 2.35. The Morgan fingerprint density at radius 1 is 1.22 bits per heavy atom. The van der Waals surface area contributed by atoms with Gasteiger partial charge in [0, 0.05) is 37.5 Å². The fraction of sp³-hybridized carbons (Fsp3) is 0.300. The van der Waals surface area contributed by atoms with Crippen molar-refractivity contribution in [3.63, 3.8) is 0 Å². The summed E-state index contributed by atoms with van der Waals surface area (Å²) in [5, 5.41) is 8.94. The summed E-state index contributed by atoms with van der Waals surface area (Å²) >= 11 is 6.62. The van der Waals surface area contributed by atoms with Crippen LogP contribution in [0.25, 0.3) is 0 Å². The molecule has 0 bridgehead atoms. The number of ketones is 2. The second-order valence-electron chi connectivity index (χ2n) is 6.98. The number of carbonyl (C=O) groups is 2. The number of thiazole rings is 1. The van der Waals surface area contributed by atoms with E-state index in [-0.39, 0.29) is 46.6 Å². The summed E-state index contributed by atoms with van der Waals surface area (Å²) in [5.41, 5.74) is -0.825. The molecule has 0 aliphatic rings. The molecule has 7 nitrogen and oxygen atoms in total. The van der Waals surface area contributed by atoms with Crippen molar-refractivity contribution in [2.75, 3.05) is 0 Å². The topological polar surface area (TPSA) is 102 Å². The van der Waals surface area contributed by atoms with Gasteiger partial charge >= 0.3 is 6.18 Å². The number of carbonyl (C=O) groups excluding carboxylic acids is 2. The predicted octanol–water partition coefficient (Wildman–Crippen LogP) is 4.62. The monoisotopic (exact) mass is 481 g/mol. The second-order valence-corrected chi connectivity index (χ2v) is 8.45. The van der Waals surface area contributed by atoms with Crippen LogP contribution >= 0.6 is 22.9 Å². The molecule has 3 rings (SSSR count). The van der Waals surface area contributed by atoms with Gasteiger partial charge in [0.25, 0.3) is 0 Å². The number of pyridine rings is 1. The molecule has 0 fully saturated rings. The number of nitrogens with zero attached hydrogens (tertiary/aromatic N) is 5. The Kier molecular flexibility index (Phi) is 6.76. The van der Waals surface area contributed by atoms with Crippen LogP contribution in [0.15, 0.2) is 24.7 Å². The summed E-state index contributed by atoms with van der Waals surface area (Å²) in [6.07, 6.45) is -1.38. The molecule has 12 heteroatoms. The van der Waals surface area contributed by atoms with E-state index in [1.807, 2.05) is 6.07 Å². The molecule has 3 aromatic rings. The normalized spacial score (nSPS) is 12.4. The zero-order valence-corrected chi connectivity index (χ0v) is 18.3. The van der Waals surface area contributed by atoms with E-state index < -0.39 is 22.5 Å². The average Bonchev–Trinajstić information content (AvgIpc) is 3.35. The van der Waals surface area contributed by atoms with Crippen LogP contribution < -0.4 is 0 Å². The van der Waals surface area contributed by atoms with Gasteiger partial charge in [-0.15, -0.1) is 11.3 Å². The molecular weight excluding hydrogens is 467 g/mol. The average molecular weight is 482 g/mol. The summed E-state index contributed by atoms with van der Waals surface area (Å²) < 4.78 is 40.4. The van der Waals surface area contributed by atoms with Crippen LogP contribution in [0.5, 0.6) is 0 Å². The summed E-state index contributed by atoms with van der Waals surface area (Å²) in [7, 11) is 1.57. The molecule has 0 saturated heterocycles. The predicted molar refractivity (Wildman–Crippen MR) is 110 cm³/mol. The zero-order chi connectivity index (χ0) is 23.6. The Morgan fingerprint density at radius 2 is 1.94 bits per heavy atom. The number of halogens is 4. The Balaban J connectivity index is 1.70. The van der Waals surface area contributed by atoms with Gasteiger partial charge in [0.15, 0.2) is 11.6 Å². The van der Waals surface area contributed by atoms with Crippen molar-refractivity contribution in [3.05, 3.63) is 62.3 Å². The van der Waals surface area contributed by atoms with E-state index in [1.54, 1.807) is 14.0 Å². The van der Waals surface area contributed by atoms with Gasteiger partial charge in [0.2, 0.25) is 5.82 Å². The maximum Gasteiger partial charge on any atom is 0.417 e. The molecule has 0 spiro atoms. The summed E-state index contributed by atoms with van der Waals surface area (Å²) in [5.74, 6) is -0.879. The molecule has 0 unspecified atom stereocenters. The van der Waals surface area contributed by atoms with E-state index in [2.05, 4.69) is 15.0 Å². The van der Waals surface area contributed by atoms with Crippen LogP contribution in [-0.2, 0) is 19.6 Å². The van der Waals surface area contributed by atoms with Crippen LogP contribution in [0.4, 0.5) is 13.2 Å². The first kappa shape index (κ1) is 23.6. The minimum atomic E-state index is -4.65. The third kappa shape index (κ3) is 5.03. The minimum Gasteiger partial charge on any atom is -0.316 e. The van der Waals surface area contributed by atoms with Crippen molar-refractivity contribution >= 4 is 34.5 Å². The van der Waals surface area contributed by atoms with Crippen LogP contribution in [0, 0.1) is 11.3 Å². The highest BCUT2D eigenvalue weighted by atomic mass is 35.5. The number of rotatable bonds is 7. The van der Waals surface area contributed by atoms with Gasteiger partial charge in [-0.2, -0.15) is 18.4 Å². The van der Waals surface area contributed by atoms with E-state index in [0.29, 0.717) is 5.01 Å². The Hall–Kier alpha value is -3.10. The third-order valence-corrected chi connectivity index (χ3v) is 6.22. The fourth-order valence-electron chi connectivity index (χ4n) is 2.93. The van der Waals surface area contributed by atoms with Gasteiger partial charge in [0.1, 0.15) is 11.8 Å². The van der Waals surface area contributed by atoms with Gasteiger partial charge in [-0.1, -0.05) is 18.5 Å². The maximum atomic E-state index is 13.0. The quantitative estimate of drug-likeness (QED) is 0.456. The number of nitriles is 1. The summed E-state index contributed by atoms with van der Waals surface area (Å²) in [6.45, 7) is 1.77. The molecule has 1 atom stereocenters. The van der Waals surface area contributed by atoms with E-state index >= 15 is 0 Å². The van der Waals surface area contributed by atoms with Gasteiger partial charge in [0.05, 0.1) is 33.1 Å². The second kappa shape index (κ2) is 9.18. The number of alkyl halides is 3. The van der Waals surface area contributed by atoms with E-state index in [0.717, 1.165) is 23.6 Å². The minimum absolute atomic E-state index is 0.0607. The van der Waals surface area contributed by atoms with Crippen molar-refractivity contribution in [1.29, 1.82) is 5.26 Å². The first-order valence-electron chi connectivity index (χ1n) is 9.16. The highest BCUT2D eigenvalue weighted by Gasteiger charge is 2.34. The molecule has 32 heavy (non-hydrogen) atoms. The number of hydrogen-bond donors (Lipinski definition) is 0. The Bertz CT molecular complexity index is 1230. The van der Waals surface area contributed by atoms with E-state index in [9.17, 15) is 22.8 Å². The number of hydrogen-bond acceptors (Lipinski definition) is 7. The van der Waals surface area contributed by atoms with E-state index in [1.165, 1.54) is 17.0 Å². The van der Waals surface area contributed by atoms with E-state index in [4.69, 9.17) is 16.9 Å². The first-order chi connectivity index (χ1) is 15.0. The third-order valence-electron chi connectivity index (χ3n) is 4.64. The number of Topliss-reactive ketones (excluding diaryl/α,β-unsaturated/α-hetero) is 2. The molecule has 0 radical (unpaired) electrons. The first-order valence-corrected chi connectivity index (χ1v) is 10.4. The van der Waals surface area contributed by atoms with Crippen molar-refractivity contribution in [1.82, 2.24) is 19.5 Å². The molecule has 0 N–H and O–H groups in total. The van der Waals surface area contributed by atoms with Crippen LogP contribution in [-0.4, -0.2) is 31.1 Å². The van der Waals surface area contributed by atoms with Crippen molar-refractivity contribution < 1.29 is 22.8 Å². The van der Waals surface area contributed by atoms with Crippen LogP contribution in [0.3, 0.4) is 0 Å². The lowest BCUT2D eigenvalue weighted by Crippen LogP contribution is -2.10. The largest absolute Gasteiger partial charge is 0.417 e. The van der Waals surface area contributed by atoms with Gasteiger partial charge in [-0.3, -0.25) is 14.6 Å². The van der Waals surface area contributed by atoms with Crippen molar-refractivity contribution in [2.24, 2.45) is 7.05 Å². The van der Waals surface area contributed by atoms with Crippen molar-refractivity contribution in [3.8, 4) is 6.07 Å². The van der Waals surface area contributed by atoms with Gasteiger partial charge in [-0.05, 0) is 6.07 Å². The maximum absolute atomic E-state index is 13.0. The smallest absolute Gasteiger partial charge is 0.316 e. The van der Waals surface area contributed by atoms with Crippen molar-refractivity contribution in [2.45, 2.75) is 31.9 Å². The Morgan fingerprint density at radius 3 is 2.56 bits per heavy atom. The molecule has 166 valence electrons. The lowest BCUT2D eigenvalue weighted by atomic mass is 10.0. The number of aromatic nitrogens is 4. The molecule has 0 amide bonds. The van der Waals surface area contributed by atoms with Crippen LogP contribution in [0.1, 0.15) is 61.5 Å². The molecule has 0 aromatic carbocycles. The molecule has 3 heterocycles. The zero-order valence-electron chi connectivity index (χ0n) is 16.8. The number of imidazole rings is 1. The Labute approximate surface area is 189 Å². The SMILES string of the molecule is C[C@@H](CC(=O)c1cnc(C#N)n1C)c1ncc(C(=O)Cc2cc(C(F)(F)F)c(Cl)cn2)s1. The van der Waals surface area contributed by atoms with Gasteiger partial charge < -0.3 is 4.57 Å². The molecular formula is C20H15ClF3N5O2S. The molecule has 0 aliphatic heterocycles. The standard InChI is InChI=1S/C20H15ClF3N5O2S/c1-10(3-15(30)14-8-27-18(6-25)29(14)2)19-28-9-17(32-19)16(31)5-11-4-12(20(22,23)24)13(21)7-26-11/h4,7-10H,3,5H2,1-2H3/t10-/m0/s1. The van der Waals surface area contributed by atoms with Gasteiger partial charge in [-0.25, -0.2) is 9.97 Å². The summed E-state index contributed by atoms with van der Waals surface area (Å²) in [4.78, 5) is 37.2. The summed E-state index contributed by atoms with van der Waals surface area (Å²) in [6, 6.07) is 2.64. The highest BCUT2D eigenvalue weighted by molar-refractivity contribution is 7.13. The van der Waals surface area contributed by atoms with Crippen LogP contribution in [0.2, 0.25) is 5.02 Å². The lowest BCUT2D eigenvalue weighted by Gasteiger charge is -2.09. The molecule has 0 aliphatic carbocycles.